The molecule has 1 aliphatic rings. The van der Waals surface area contributed by atoms with E-state index in [1.54, 1.807) is 7.11 Å². The van der Waals surface area contributed by atoms with Gasteiger partial charge in [-0.2, -0.15) is 0 Å². The van der Waals surface area contributed by atoms with Crippen molar-refractivity contribution in [2.24, 2.45) is 0 Å². The fraction of sp³-hybridized carbons (Fsp3) is 0.188. The quantitative estimate of drug-likeness (QED) is 0.893. The van der Waals surface area contributed by atoms with Gasteiger partial charge in [0.05, 0.1) is 0 Å². The maximum absolute atomic E-state index is 12.6. The average molecular weight is 253 g/mol. The predicted octanol–water partition coefficient (Wildman–Crippen LogP) is 3.10. The molecule has 1 N–H and O–H groups in total. The van der Waals surface area contributed by atoms with Gasteiger partial charge in [0, 0.05) is 23.9 Å². The number of aryl methyl sites for hydroxylation is 1. The van der Waals surface area contributed by atoms with Crippen molar-refractivity contribution in [3.8, 4) is 0 Å². The molecule has 0 bridgehead atoms. The van der Waals surface area contributed by atoms with Crippen LogP contribution < -0.4 is 5.32 Å². The Labute approximate surface area is 112 Å². The van der Waals surface area contributed by atoms with Crippen molar-refractivity contribution in [2.75, 3.05) is 12.4 Å². The van der Waals surface area contributed by atoms with E-state index in [2.05, 4.69) is 5.32 Å². The van der Waals surface area contributed by atoms with Gasteiger partial charge in [-0.05, 0) is 19.1 Å². The molecule has 2 aromatic carbocycles. The molecule has 3 rings (SSSR count). The molecule has 1 aliphatic heterocycles. The van der Waals surface area contributed by atoms with Crippen LogP contribution in [0.4, 0.5) is 5.69 Å². The minimum absolute atomic E-state index is 0.0468. The van der Waals surface area contributed by atoms with Crippen LogP contribution in [0.25, 0.3) is 0 Å². The van der Waals surface area contributed by atoms with E-state index >= 15 is 0 Å². The zero-order valence-electron chi connectivity index (χ0n) is 10.9. The summed E-state index contributed by atoms with van der Waals surface area (Å²) in [7, 11) is 1.55. The largest absolute Gasteiger partial charge is 0.348 e. The Morgan fingerprint density at radius 2 is 1.74 bits per heavy atom. The van der Waals surface area contributed by atoms with Gasteiger partial charge < -0.3 is 10.1 Å². The van der Waals surface area contributed by atoms with E-state index in [4.69, 9.17) is 4.74 Å². The molecule has 0 amide bonds. The number of Topliss-reactive ketones (excluding diaryl/α,β-unsaturated/α-hetero) is 1. The van der Waals surface area contributed by atoms with Gasteiger partial charge in [-0.15, -0.1) is 0 Å². The molecule has 2 aromatic rings. The van der Waals surface area contributed by atoms with Crippen molar-refractivity contribution in [3.63, 3.8) is 0 Å². The smallest absolute Gasteiger partial charge is 0.230 e. The molecule has 0 radical (unpaired) electrons. The highest BCUT2D eigenvalue weighted by Crippen LogP contribution is 2.39. The van der Waals surface area contributed by atoms with Gasteiger partial charge in [0.1, 0.15) is 0 Å². The van der Waals surface area contributed by atoms with Crippen LogP contribution in [0.2, 0.25) is 0 Å². The van der Waals surface area contributed by atoms with Crippen LogP contribution in [0, 0.1) is 6.92 Å². The third-order valence-electron chi connectivity index (χ3n) is 3.57. The van der Waals surface area contributed by atoms with Gasteiger partial charge in [-0.3, -0.25) is 4.79 Å². The number of carbonyl (C=O) groups excluding carboxylic acids is 1. The lowest BCUT2D eigenvalue weighted by atomic mass is 9.96. The van der Waals surface area contributed by atoms with Gasteiger partial charge >= 0.3 is 0 Å². The first-order chi connectivity index (χ1) is 9.17. The maximum atomic E-state index is 12.6. The van der Waals surface area contributed by atoms with Crippen LogP contribution in [-0.4, -0.2) is 12.9 Å². The number of methoxy groups -OCH3 is 1. The fourth-order valence-electron chi connectivity index (χ4n) is 2.48. The second-order valence-corrected chi connectivity index (χ2v) is 4.75. The molecule has 0 saturated carbocycles. The van der Waals surface area contributed by atoms with Crippen LogP contribution in [0.15, 0.2) is 48.5 Å². The topological polar surface area (TPSA) is 38.3 Å². The monoisotopic (exact) mass is 253 g/mol. The minimum Gasteiger partial charge on any atom is -0.348 e. The van der Waals surface area contributed by atoms with Crippen molar-refractivity contribution in [1.82, 2.24) is 0 Å². The van der Waals surface area contributed by atoms with Crippen LogP contribution >= 0.6 is 0 Å². The zero-order valence-corrected chi connectivity index (χ0v) is 10.9. The lowest BCUT2D eigenvalue weighted by Crippen LogP contribution is -2.40. The molecule has 0 aromatic heterocycles. The van der Waals surface area contributed by atoms with Gasteiger partial charge in [0.25, 0.3) is 0 Å². The molecule has 3 nitrogen and oxygen atoms in total. The number of carbonyl (C=O) groups is 1. The lowest BCUT2D eigenvalue weighted by molar-refractivity contribution is 0.0194. The van der Waals surface area contributed by atoms with E-state index in [1.165, 1.54) is 0 Å². The summed E-state index contributed by atoms with van der Waals surface area (Å²) in [6, 6.07) is 15.3. The highest BCUT2D eigenvalue weighted by Gasteiger charge is 2.47. The van der Waals surface area contributed by atoms with Crippen LogP contribution in [0.5, 0.6) is 0 Å². The number of fused-ring (bicyclic) bond motifs is 1. The first kappa shape index (κ1) is 11.9. The van der Waals surface area contributed by atoms with Gasteiger partial charge in [0.15, 0.2) is 0 Å². The molecule has 0 saturated heterocycles. The Morgan fingerprint density at radius 3 is 2.37 bits per heavy atom. The molecule has 1 heterocycles. The molecule has 1 unspecified atom stereocenters. The van der Waals surface area contributed by atoms with E-state index in [-0.39, 0.29) is 5.78 Å². The number of anilines is 1. The molecule has 0 spiro atoms. The normalized spacial score (nSPS) is 21.1. The summed E-state index contributed by atoms with van der Waals surface area (Å²) >= 11 is 0. The number of para-hydroxylation sites is 1. The standard InChI is InChI=1S/C16H15NO2/c1-11-7-9-12(10-8-11)16(19-2)15(18)13-5-3-4-6-14(13)17-16/h3-10,17H,1-2H3. The second kappa shape index (κ2) is 4.21. The second-order valence-electron chi connectivity index (χ2n) is 4.75. The van der Waals surface area contributed by atoms with Crippen molar-refractivity contribution < 1.29 is 9.53 Å². The third-order valence-corrected chi connectivity index (χ3v) is 3.57. The molecule has 0 fully saturated rings. The van der Waals surface area contributed by atoms with E-state index in [0.717, 1.165) is 16.8 Å². The Bertz CT molecular complexity index is 633. The van der Waals surface area contributed by atoms with Crippen molar-refractivity contribution in [3.05, 3.63) is 65.2 Å². The van der Waals surface area contributed by atoms with Gasteiger partial charge in [-0.25, -0.2) is 0 Å². The highest BCUT2D eigenvalue weighted by molar-refractivity contribution is 6.12. The zero-order chi connectivity index (χ0) is 13.5. The molecular formula is C16H15NO2. The maximum Gasteiger partial charge on any atom is 0.230 e. The van der Waals surface area contributed by atoms with Crippen LogP contribution in [-0.2, 0) is 10.5 Å². The van der Waals surface area contributed by atoms with E-state index in [0.29, 0.717) is 5.56 Å². The molecule has 0 aliphatic carbocycles. The predicted molar refractivity (Wildman–Crippen MR) is 74.3 cm³/mol. The first-order valence-electron chi connectivity index (χ1n) is 6.22. The number of ether oxygens (including phenoxy) is 1. The number of rotatable bonds is 2. The Morgan fingerprint density at radius 1 is 1.05 bits per heavy atom. The summed E-state index contributed by atoms with van der Waals surface area (Å²) in [6.07, 6.45) is 0. The molecule has 1 atom stereocenters. The Kier molecular flexibility index (Phi) is 2.64. The van der Waals surface area contributed by atoms with Gasteiger partial charge in [-0.1, -0.05) is 42.0 Å². The molecule has 96 valence electrons. The van der Waals surface area contributed by atoms with E-state index in [9.17, 15) is 4.79 Å². The number of benzene rings is 2. The fourth-order valence-corrected chi connectivity index (χ4v) is 2.48. The summed E-state index contributed by atoms with van der Waals surface area (Å²) in [5.41, 5.74) is 2.36. The summed E-state index contributed by atoms with van der Waals surface area (Å²) in [6.45, 7) is 2.02. The van der Waals surface area contributed by atoms with Crippen molar-refractivity contribution in [1.29, 1.82) is 0 Å². The number of ketones is 1. The molecular weight excluding hydrogens is 238 g/mol. The summed E-state index contributed by atoms with van der Waals surface area (Å²) in [5, 5.41) is 3.21. The number of nitrogens with one attached hydrogen (secondary N) is 1. The summed E-state index contributed by atoms with van der Waals surface area (Å²) < 4.78 is 5.56. The van der Waals surface area contributed by atoms with Crippen LogP contribution in [0.1, 0.15) is 21.5 Å². The van der Waals surface area contributed by atoms with E-state index < -0.39 is 5.72 Å². The Hall–Kier alpha value is -2.13. The number of hydrogen-bond donors (Lipinski definition) is 1. The molecule has 3 heteroatoms. The summed E-state index contributed by atoms with van der Waals surface area (Å²) in [5.74, 6) is -0.0468. The van der Waals surface area contributed by atoms with Crippen molar-refractivity contribution >= 4 is 11.5 Å². The van der Waals surface area contributed by atoms with Gasteiger partial charge in [0.2, 0.25) is 11.5 Å². The summed E-state index contributed by atoms with van der Waals surface area (Å²) in [4.78, 5) is 12.6. The van der Waals surface area contributed by atoms with Crippen LogP contribution in [0.3, 0.4) is 0 Å². The minimum atomic E-state index is -1.10. The van der Waals surface area contributed by atoms with E-state index in [1.807, 2.05) is 55.5 Å². The van der Waals surface area contributed by atoms with Crippen molar-refractivity contribution in [2.45, 2.75) is 12.6 Å². The Balaban J connectivity index is 2.12. The number of hydrogen-bond acceptors (Lipinski definition) is 3. The third kappa shape index (κ3) is 1.66. The molecule has 19 heavy (non-hydrogen) atoms. The first-order valence-corrected chi connectivity index (χ1v) is 6.22. The SMILES string of the molecule is COC1(c2ccc(C)cc2)Nc2ccccc2C1=O. The lowest BCUT2D eigenvalue weighted by Gasteiger charge is -2.27. The highest BCUT2D eigenvalue weighted by atomic mass is 16.5. The average Bonchev–Trinajstić information content (AvgIpc) is 2.74.